The molecule has 0 spiro atoms. The highest BCUT2D eigenvalue weighted by atomic mass is 32.1. The minimum absolute atomic E-state index is 0.300. The molecule has 1 fully saturated rings. The van der Waals surface area contributed by atoms with E-state index in [1.54, 1.807) is 0 Å². The highest BCUT2D eigenvalue weighted by Gasteiger charge is 2.36. The van der Waals surface area contributed by atoms with Gasteiger partial charge in [-0.25, -0.2) is 4.79 Å². The molecule has 28 heavy (non-hydrogen) atoms. The number of carboxylic acids is 1. The van der Waals surface area contributed by atoms with Gasteiger partial charge >= 0.3 is 11.9 Å². The second-order valence-corrected chi connectivity index (χ2v) is 7.92. The number of esters is 1. The number of carbonyl (C=O) groups excluding carboxylic acids is 2. The van der Waals surface area contributed by atoms with Crippen LogP contribution in [-0.2, 0) is 14.3 Å². The zero-order chi connectivity index (χ0) is 20.3. The third-order valence-corrected chi connectivity index (χ3v) is 6.06. The molecule has 0 radical (unpaired) electrons. The molecular formula is C21H23NO5S. The van der Waals surface area contributed by atoms with Crippen LogP contribution in [0, 0.1) is 18.8 Å². The molecule has 1 amide bonds. The highest BCUT2D eigenvalue weighted by molar-refractivity contribution is 7.15. The number of carboxylic acid groups (broad SMARTS) is 1. The Bertz CT molecular complexity index is 904. The van der Waals surface area contributed by atoms with Crippen LogP contribution in [0.15, 0.2) is 29.6 Å². The van der Waals surface area contributed by atoms with E-state index in [1.807, 2.05) is 36.6 Å². The lowest BCUT2D eigenvalue weighted by atomic mass is 9.79. The first kappa shape index (κ1) is 20.1. The van der Waals surface area contributed by atoms with Crippen molar-refractivity contribution in [2.75, 3.05) is 12.4 Å². The maximum absolute atomic E-state index is 12.8. The summed E-state index contributed by atoms with van der Waals surface area (Å²) >= 11 is 1.24. The molecule has 0 bridgehead atoms. The Morgan fingerprint density at radius 2 is 1.89 bits per heavy atom. The molecule has 3 rings (SSSR count). The number of aryl methyl sites for hydroxylation is 1. The van der Waals surface area contributed by atoms with Crippen LogP contribution >= 0.6 is 11.3 Å². The summed E-state index contributed by atoms with van der Waals surface area (Å²) < 4.78 is 4.94. The zero-order valence-electron chi connectivity index (χ0n) is 15.9. The number of methoxy groups -OCH3 is 1. The molecular weight excluding hydrogens is 378 g/mol. The molecule has 7 heteroatoms. The van der Waals surface area contributed by atoms with Gasteiger partial charge in [0.2, 0.25) is 5.91 Å². The molecule has 0 saturated heterocycles. The van der Waals surface area contributed by atoms with Crippen molar-refractivity contribution in [3.8, 4) is 11.1 Å². The topological polar surface area (TPSA) is 92.7 Å². The van der Waals surface area contributed by atoms with Crippen molar-refractivity contribution in [2.24, 2.45) is 11.8 Å². The Hall–Kier alpha value is -2.67. The van der Waals surface area contributed by atoms with E-state index in [9.17, 15) is 19.5 Å². The van der Waals surface area contributed by atoms with Crippen molar-refractivity contribution in [2.45, 2.75) is 32.6 Å². The van der Waals surface area contributed by atoms with Gasteiger partial charge in [-0.2, -0.15) is 0 Å². The summed E-state index contributed by atoms with van der Waals surface area (Å²) in [4.78, 5) is 36.8. The van der Waals surface area contributed by atoms with Crippen molar-refractivity contribution in [3.63, 3.8) is 0 Å². The maximum atomic E-state index is 12.8. The first-order valence-corrected chi connectivity index (χ1v) is 10.1. The van der Waals surface area contributed by atoms with E-state index >= 15 is 0 Å². The number of amides is 1. The van der Waals surface area contributed by atoms with Crippen LogP contribution in [0.2, 0.25) is 0 Å². The molecule has 1 aromatic heterocycles. The van der Waals surface area contributed by atoms with Gasteiger partial charge in [-0.1, -0.05) is 42.7 Å². The first-order chi connectivity index (χ1) is 13.4. The van der Waals surface area contributed by atoms with Gasteiger partial charge in [0.25, 0.3) is 0 Å². The average molecular weight is 401 g/mol. The van der Waals surface area contributed by atoms with E-state index < -0.39 is 23.8 Å². The molecule has 1 aliphatic rings. The highest BCUT2D eigenvalue weighted by Crippen LogP contribution is 2.38. The predicted molar refractivity (Wildman–Crippen MR) is 108 cm³/mol. The zero-order valence-corrected chi connectivity index (χ0v) is 16.7. The summed E-state index contributed by atoms with van der Waals surface area (Å²) in [7, 11) is 1.30. The van der Waals surface area contributed by atoms with Gasteiger partial charge in [0.1, 0.15) is 10.6 Å². The fourth-order valence-electron chi connectivity index (χ4n) is 3.72. The number of carbonyl (C=O) groups is 3. The normalized spacial score (nSPS) is 19.1. The van der Waals surface area contributed by atoms with Crippen LogP contribution in [0.4, 0.5) is 5.00 Å². The number of thiophene rings is 1. The van der Waals surface area contributed by atoms with E-state index in [2.05, 4.69) is 5.32 Å². The number of hydrogen-bond donors (Lipinski definition) is 2. The number of rotatable bonds is 5. The summed E-state index contributed by atoms with van der Waals surface area (Å²) in [5, 5.41) is 14.4. The minimum Gasteiger partial charge on any atom is -0.481 e. The van der Waals surface area contributed by atoms with E-state index in [-0.39, 0.29) is 5.91 Å². The Labute approximate surface area is 167 Å². The lowest BCUT2D eigenvalue weighted by Crippen LogP contribution is -2.36. The van der Waals surface area contributed by atoms with Gasteiger partial charge in [0.05, 0.1) is 18.9 Å². The maximum Gasteiger partial charge on any atom is 0.341 e. The molecule has 6 nitrogen and oxygen atoms in total. The summed E-state index contributed by atoms with van der Waals surface area (Å²) in [5.41, 5.74) is 2.90. The molecule has 2 aromatic rings. The molecule has 1 heterocycles. The smallest absolute Gasteiger partial charge is 0.341 e. The molecule has 0 aliphatic heterocycles. The fourth-order valence-corrected chi connectivity index (χ4v) is 4.68. The fraction of sp³-hybridized carbons (Fsp3) is 0.381. The molecule has 148 valence electrons. The van der Waals surface area contributed by atoms with Crippen LogP contribution in [-0.4, -0.2) is 30.1 Å². The van der Waals surface area contributed by atoms with Crippen molar-refractivity contribution in [1.29, 1.82) is 0 Å². The molecule has 1 aromatic carbocycles. The third kappa shape index (κ3) is 4.09. The minimum atomic E-state index is -0.945. The van der Waals surface area contributed by atoms with Crippen molar-refractivity contribution < 1.29 is 24.2 Å². The van der Waals surface area contributed by atoms with Gasteiger partial charge in [0.15, 0.2) is 0 Å². The number of aliphatic carboxylic acids is 1. The van der Waals surface area contributed by atoms with Crippen LogP contribution in [0.25, 0.3) is 11.1 Å². The molecule has 2 unspecified atom stereocenters. The first-order valence-electron chi connectivity index (χ1n) is 9.23. The SMILES string of the molecule is COC(=O)c1c(-c2cccc(C)c2)csc1NC(=O)C1CCCCC1C(=O)O. The van der Waals surface area contributed by atoms with Crippen LogP contribution in [0.5, 0.6) is 0 Å². The second kappa shape index (κ2) is 8.56. The van der Waals surface area contributed by atoms with Gasteiger partial charge in [0, 0.05) is 10.9 Å². The summed E-state index contributed by atoms with van der Waals surface area (Å²) in [5.74, 6) is -3.12. The summed E-state index contributed by atoms with van der Waals surface area (Å²) in [6.45, 7) is 1.96. The molecule has 1 saturated carbocycles. The number of benzene rings is 1. The monoisotopic (exact) mass is 401 g/mol. The lowest BCUT2D eigenvalue weighted by molar-refractivity contribution is -0.147. The van der Waals surface area contributed by atoms with Crippen LogP contribution < -0.4 is 5.32 Å². The van der Waals surface area contributed by atoms with Crippen LogP contribution in [0.3, 0.4) is 0 Å². The van der Waals surface area contributed by atoms with Gasteiger partial charge < -0.3 is 15.2 Å². The van der Waals surface area contributed by atoms with Crippen molar-refractivity contribution in [1.82, 2.24) is 0 Å². The van der Waals surface area contributed by atoms with Gasteiger partial charge in [-0.3, -0.25) is 9.59 Å². The number of ether oxygens (including phenoxy) is 1. The number of hydrogen-bond acceptors (Lipinski definition) is 5. The Balaban J connectivity index is 1.92. The molecule has 1 aliphatic carbocycles. The quantitative estimate of drug-likeness (QED) is 0.727. The average Bonchev–Trinajstić information content (AvgIpc) is 3.10. The molecule has 2 N–H and O–H groups in total. The second-order valence-electron chi connectivity index (χ2n) is 7.04. The standard InChI is InChI=1S/C21H23NO5S/c1-12-6-5-7-13(10-12)16-11-28-19(17(16)21(26)27-2)22-18(23)14-8-3-4-9-15(14)20(24)25/h5-7,10-11,14-15H,3-4,8-9H2,1-2H3,(H,22,23)(H,24,25). The number of nitrogens with one attached hydrogen (secondary N) is 1. The van der Waals surface area contributed by atoms with E-state index in [1.165, 1.54) is 18.4 Å². The Kier molecular flexibility index (Phi) is 6.14. The largest absolute Gasteiger partial charge is 0.481 e. The predicted octanol–water partition coefficient (Wildman–Crippen LogP) is 4.34. The summed E-state index contributed by atoms with van der Waals surface area (Å²) in [6, 6.07) is 7.73. The van der Waals surface area contributed by atoms with Crippen molar-refractivity contribution >= 4 is 34.2 Å². The van der Waals surface area contributed by atoms with E-state index in [0.717, 1.165) is 24.0 Å². The summed E-state index contributed by atoms with van der Waals surface area (Å²) in [6.07, 6.45) is 2.66. The van der Waals surface area contributed by atoms with Gasteiger partial charge in [-0.15, -0.1) is 11.3 Å². The van der Waals surface area contributed by atoms with Crippen LogP contribution in [0.1, 0.15) is 41.6 Å². The van der Waals surface area contributed by atoms with E-state index in [4.69, 9.17) is 4.74 Å². The number of anilines is 1. The Morgan fingerprint density at radius 1 is 1.18 bits per heavy atom. The van der Waals surface area contributed by atoms with Crippen molar-refractivity contribution in [3.05, 3.63) is 40.8 Å². The Morgan fingerprint density at radius 3 is 2.54 bits per heavy atom. The van der Waals surface area contributed by atoms with Gasteiger partial charge in [-0.05, 0) is 25.3 Å². The van der Waals surface area contributed by atoms with E-state index in [0.29, 0.717) is 29.0 Å². The lowest BCUT2D eigenvalue weighted by Gasteiger charge is -2.27. The third-order valence-electron chi connectivity index (χ3n) is 5.17. The molecule has 2 atom stereocenters.